The zero-order valence-corrected chi connectivity index (χ0v) is 14.4. The fraction of sp³-hybridized carbons (Fsp3) is 0.235. The summed E-state index contributed by atoms with van der Waals surface area (Å²) >= 11 is 1.61. The van der Waals surface area contributed by atoms with Crippen LogP contribution in [-0.4, -0.2) is 27.0 Å². The van der Waals surface area contributed by atoms with E-state index < -0.39 is 0 Å². The summed E-state index contributed by atoms with van der Waals surface area (Å²) in [6.45, 7) is 1.39. The quantitative estimate of drug-likeness (QED) is 0.412. The lowest BCUT2D eigenvalue weighted by molar-refractivity contribution is -0.114. The van der Waals surface area contributed by atoms with Crippen molar-refractivity contribution in [3.63, 3.8) is 0 Å². The number of hydrogen-bond acceptors (Lipinski definition) is 7. The summed E-state index contributed by atoms with van der Waals surface area (Å²) in [4.78, 5) is 20.3. The van der Waals surface area contributed by atoms with E-state index in [2.05, 4.69) is 25.9 Å². The maximum atomic E-state index is 11.2. The summed E-state index contributed by atoms with van der Waals surface area (Å²) < 4.78 is 1.04. The van der Waals surface area contributed by atoms with Gasteiger partial charge >= 0.3 is 0 Å². The number of phenols is 1. The number of thiophene rings is 1. The summed E-state index contributed by atoms with van der Waals surface area (Å²) in [7, 11) is 0. The summed E-state index contributed by atoms with van der Waals surface area (Å²) in [5.74, 6) is 1.06. The number of benzene rings is 1. The SMILES string of the molecule is CC(=O)Nc1cc(Nc2nc(NC3CC3)c3sccc3n2)ccc1O. The van der Waals surface area contributed by atoms with E-state index >= 15 is 0 Å². The number of aromatic nitrogens is 2. The second-order valence-electron chi connectivity index (χ2n) is 5.99. The van der Waals surface area contributed by atoms with Gasteiger partial charge in [0.15, 0.2) is 0 Å². The number of rotatable bonds is 5. The standard InChI is InChI=1S/C17H17N5O2S/c1-9(23)18-13-8-11(4-5-14(13)24)20-17-21-12-6-7-25-15(12)16(22-17)19-10-2-3-10/h4-8,10,24H,2-3H2,1H3,(H,18,23)(H2,19,20,21,22). The van der Waals surface area contributed by atoms with Crippen LogP contribution in [0.4, 0.5) is 23.1 Å². The van der Waals surface area contributed by atoms with E-state index in [4.69, 9.17) is 0 Å². The van der Waals surface area contributed by atoms with Crippen molar-refractivity contribution in [1.29, 1.82) is 0 Å². The fourth-order valence-corrected chi connectivity index (χ4v) is 3.25. The van der Waals surface area contributed by atoms with Crippen LogP contribution in [0.3, 0.4) is 0 Å². The summed E-state index contributed by atoms with van der Waals surface area (Å²) in [5, 5.41) is 21.0. The van der Waals surface area contributed by atoms with E-state index in [1.165, 1.54) is 13.0 Å². The van der Waals surface area contributed by atoms with Gasteiger partial charge in [0.1, 0.15) is 11.6 Å². The highest BCUT2D eigenvalue weighted by Gasteiger charge is 2.23. The minimum Gasteiger partial charge on any atom is -0.506 e. The average Bonchev–Trinajstić information content (AvgIpc) is 3.24. The molecule has 0 aliphatic heterocycles. The van der Waals surface area contributed by atoms with Crippen molar-refractivity contribution in [1.82, 2.24) is 9.97 Å². The molecule has 1 aliphatic carbocycles. The molecule has 1 aliphatic rings. The first-order valence-electron chi connectivity index (χ1n) is 7.98. The monoisotopic (exact) mass is 355 g/mol. The molecule has 0 unspecified atom stereocenters. The third kappa shape index (κ3) is 3.48. The molecule has 8 heteroatoms. The van der Waals surface area contributed by atoms with Gasteiger partial charge in [-0.1, -0.05) is 0 Å². The lowest BCUT2D eigenvalue weighted by atomic mass is 10.2. The van der Waals surface area contributed by atoms with Gasteiger partial charge < -0.3 is 21.1 Å². The number of anilines is 4. The molecule has 0 radical (unpaired) electrons. The highest BCUT2D eigenvalue weighted by Crippen LogP contribution is 2.33. The molecule has 1 amide bonds. The van der Waals surface area contributed by atoms with Gasteiger partial charge in [-0.05, 0) is 42.5 Å². The average molecular weight is 355 g/mol. The van der Waals surface area contributed by atoms with E-state index in [0.29, 0.717) is 23.4 Å². The third-order valence-electron chi connectivity index (χ3n) is 3.79. The van der Waals surface area contributed by atoms with Gasteiger partial charge in [0.2, 0.25) is 11.9 Å². The van der Waals surface area contributed by atoms with E-state index in [1.54, 1.807) is 23.5 Å². The van der Waals surface area contributed by atoms with E-state index in [0.717, 1.165) is 28.9 Å². The van der Waals surface area contributed by atoms with Crippen molar-refractivity contribution in [3.8, 4) is 5.75 Å². The van der Waals surface area contributed by atoms with Gasteiger partial charge in [-0.25, -0.2) is 4.98 Å². The molecule has 4 rings (SSSR count). The Morgan fingerprint density at radius 3 is 2.88 bits per heavy atom. The first-order chi connectivity index (χ1) is 12.1. The topological polar surface area (TPSA) is 99.2 Å². The van der Waals surface area contributed by atoms with E-state index in [1.807, 2.05) is 11.4 Å². The summed E-state index contributed by atoms with van der Waals surface area (Å²) in [6, 6.07) is 7.32. The first kappa shape index (κ1) is 15.6. The van der Waals surface area contributed by atoms with Gasteiger partial charge in [0, 0.05) is 18.7 Å². The predicted molar refractivity (Wildman–Crippen MR) is 99.8 cm³/mol. The Morgan fingerprint density at radius 2 is 2.12 bits per heavy atom. The Morgan fingerprint density at radius 1 is 1.28 bits per heavy atom. The Labute approximate surface area is 148 Å². The number of hydrogen-bond donors (Lipinski definition) is 4. The van der Waals surface area contributed by atoms with Crippen LogP contribution in [0.25, 0.3) is 10.2 Å². The van der Waals surface area contributed by atoms with Gasteiger partial charge in [0.05, 0.1) is 15.9 Å². The molecule has 2 aromatic heterocycles. The van der Waals surface area contributed by atoms with Crippen LogP contribution in [0.2, 0.25) is 0 Å². The van der Waals surface area contributed by atoms with Crippen molar-refractivity contribution in [2.24, 2.45) is 0 Å². The second kappa shape index (κ2) is 6.21. The molecule has 0 spiro atoms. The van der Waals surface area contributed by atoms with Crippen molar-refractivity contribution < 1.29 is 9.90 Å². The van der Waals surface area contributed by atoms with Crippen molar-refractivity contribution in [2.75, 3.05) is 16.0 Å². The number of nitrogens with one attached hydrogen (secondary N) is 3. The number of nitrogens with zero attached hydrogens (tertiary/aromatic N) is 2. The number of amides is 1. The minimum atomic E-state index is -0.251. The maximum absolute atomic E-state index is 11.2. The summed E-state index contributed by atoms with van der Waals surface area (Å²) in [5.41, 5.74) is 1.89. The molecule has 0 saturated heterocycles. The molecule has 128 valence electrons. The Hall–Kier alpha value is -2.87. The largest absolute Gasteiger partial charge is 0.506 e. The molecular weight excluding hydrogens is 338 g/mol. The maximum Gasteiger partial charge on any atom is 0.229 e. The molecule has 3 aromatic rings. The van der Waals surface area contributed by atoms with Crippen LogP contribution in [-0.2, 0) is 4.79 Å². The molecular formula is C17H17N5O2S. The Balaban J connectivity index is 1.64. The van der Waals surface area contributed by atoms with Gasteiger partial charge in [-0.15, -0.1) is 11.3 Å². The fourth-order valence-electron chi connectivity index (χ4n) is 2.47. The number of aromatic hydroxyl groups is 1. The Bertz CT molecular complexity index is 951. The van der Waals surface area contributed by atoms with Crippen LogP contribution in [0, 0.1) is 0 Å². The molecule has 1 aromatic carbocycles. The Kier molecular flexibility index (Phi) is 3.89. The van der Waals surface area contributed by atoms with Crippen LogP contribution in [0.5, 0.6) is 5.75 Å². The normalized spacial score (nSPS) is 13.6. The van der Waals surface area contributed by atoms with Crippen LogP contribution in [0.15, 0.2) is 29.6 Å². The van der Waals surface area contributed by atoms with Crippen molar-refractivity contribution in [2.45, 2.75) is 25.8 Å². The van der Waals surface area contributed by atoms with Crippen LogP contribution >= 0.6 is 11.3 Å². The molecule has 1 fully saturated rings. The second-order valence-corrected chi connectivity index (χ2v) is 6.90. The lowest BCUT2D eigenvalue weighted by Gasteiger charge is -2.11. The number of carbonyl (C=O) groups is 1. The first-order valence-corrected chi connectivity index (χ1v) is 8.86. The molecule has 0 bridgehead atoms. The zero-order chi connectivity index (χ0) is 17.4. The predicted octanol–water partition coefficient (Wildman–Crippen LogP) is 3.67. The van der Waals surface area contributed by atoms with Gasteiger partial charge in [-0.3, -0.25) is 4.79 Å². The van der Waals surface area contributed by atoms with E-state index in [9.17, 15) is 9.90 Å². The zero-order valence-electron chi connectivity index (χ0n) is 13.5. The molecule has 1 saturated carbocycles. The highest BCUT2D eigenvalue weighted by atomic mass is 32.1. The van der Waals surface area contributed by atoms with Crippen molar-refractivity contribution in [3.05, 3.63) is 29.6 Å². The number of phenolic OH excluding ortho intramolecular Hbond substituents is 1. The molecule has 4 N–H and O–H groups in total. The third-order valence-corrected chi connectivity index (χ3v) is 4.70. The lowest BCUT2D eigenvalue weighted by Crippen LogP contribution is -2.07. The smallest absolute Gasteiger partial charge is 0.229 e. The highest BCUT2D eigenvalue weighted by molar-refractivity contribution is 7.17. The van der Waals surface area contributed by atoms with Gasteiger partial charge in [0.25, 0.3) is 0 Å². The summed E-state index contributed by atoms with van der Waals surface area (Å²) in [6.07, 6.45) is 2.33. The molecule has 25 heavy (non-hydrogen) atoms. The number of carbonyl (C=O) groups excluding carboxylic acids is 1. The molecule has 2 heterocycles. The van der Waals surface area contributed by atoms with Crippen LogP contribution < -0.4 is 16.0 Å². The van der Waals surface area contributed by atoms with Crippen LogP contribution in [0.1, 0.15) is 19.8 Å². The van der Waals surface area contributed by atoms with Crippen molar-refractivity contribution >= 4 is 50.6 Å². The minimum absolute atomic E-state index is 0.00560. The molecule has 0 atom stereocenters. The van der Waals surface area contributed by atoms with E-state index in [-0.39, 0.29) is 11.7 Å². The molecule has 7 nitrogen and oxygen atoms in total. The number of fused-ring (bicyclic) bond motifs is 1. The van der Waals surface area contributed by atoms with Gasteiger partial charge in [-0.2, -0.15) is 4.98 Å².